The molecule has 0 N–H and O–H groups in total. The van der Waals surface area contributed by atoms with Crippen LogP contribution in [-0.2, 0) is 6.42 Å². The number of nitrogens with zero attached hydrogens (tertiary/aromatic N) is 1. The number of aryl methyl sites for hydroxylation is 1. The molecule has 0 aliphatic rings. The number of fused-ring (bicyclic) bond motifs is 1. The maximum atomic E-state index is 6.10. The van der Waals surface area contributed by atoms with Crippen LogP contribution < -0.4 is 4.74 Å². The highest BCUT2D eigenvalue weighted by Crippen LogP contribution is 2.24. The molecule has 0 aliphatic heterocycles. The van der Waals surface area contributed by atoms with Gasteiger partial charge in [-0.3, -0.25) is 4.98 Å². The molecular formula is C20H18ClNO. The first-order valence-corrected chi connectivity index (χ1v) is 7.89. The van der Waals surface area contributed by atoms with Gasteiger partial charge in [-0.2, -0.15) is 0 Å². The SMILES string of the molecule is COc1ccc(C/C=C/c2cnc3ccc(Cl)cc3c2C)cc1. The highest BCUT2D eigenvalue weighted by molar-refractivity contribution is 6.31. The van der Waals surface area contributed by atoms with Crippen molar-refractivity contribution in [3.8, 4) is 5.75 Å². The third kappa shape index (κ3) is 3.54. The molecule has 116 valence electrons. The van der Waals surface area contributed by atoms with E-state index in [1.165, 1.54) is 11.1 Å². The van der Waals surface area contributed by atoms with Gasteiger partial charge in [-0.25, -0.2) is 0 Å². The van der Waals surface area contributed by atoms with Gasteiger partial charge in [0, 0.05) is 16.6 Å². The van der Waals surface area contributed by atoms with Gasteiger partial charge in [-0.15, -0.1) is 0 Å². The van der Waals surface area contributed by atoms with Crippen LogP contribution >= 0.6 is 11.6 Å². The predicted molar refractivity (Wildman–Crippen MR) is 97.2 cm³/mol. The number of ether oxygens (including phenoxy) is 1. The van der Waals surface area contributed by atoms with Crippen molar-refractivity contribution in [2.24, 2.45) is 0 Å². The van der Waals surface area contributed by atoms with Crippen molar-refractivity contribution in [3.05, 3.63) is 76.5 Å². The van der Waals surface area contributed by atoms with Gasteiger partial charge in [0.15, 0.2) is 0 Å². The van der Waals surface area contributed by atoms with Gasteiger partial charge < -0.3 is 4.74 Å². The molecule has 23 heavy (non-hydrogen) atoms. The van der Waals surface area contributed by atoms with Crippen molar-refractivity contribution in [2.45, 2.75) is 13.3 Å². The number of hydrogen-bond donors (Lipinski definition) is 0. The molecule has 3 aromatic rings. The Kier molecular flexibility index (Phi) is 4.63. The van der Waals surface area contributed by atoms with E-state index in [1.807, 2.05) is 36.5 Å². The molecule has 0 aliphatic carbocycles. The number of methoxy groups -OCH3 is 1. The fraction of sp³-hybridized carbons (Fsp3) is 0.150. The van der Waals surface area contributed by atoms with Crippen molar-refractivity contribution in [3.63, 3.8) is 0 Å². The van der Waals surface area contributed by atoms with E-state index in [-0.39, 0.29) is 0 Å². The molecule has 0 fully saturated rings. The summed E-state index contributed by atoms with van der Waals surface area (Å²) < 4.78 is 5.17. The Labute approximate surface area is 141 Å². The first-order valence-electron chi connectivity index (χ1n) is 7.52. The number of pyridine rings is 1. The summed E-state index contributed by atoms with van der Waals surface area (Å²) in [6.07, 6.45) is 7.06. The number of benzene rings is 2. The van der Waals surface area contributed by atoms with E-state index < -0.39 is 0 Å². The van der Waals surface area contributed by atoms with E-state index in [9.17, 15) is 0 Å². The number of hydrogen-bond acceptors (Lipinski definition) is 2. The highest BCUT2D eigenvalue weighted by atomic mass is 35.5. The standard InChI is InChI=1S/C20H18ClNO/c1-14-16(13-22-20-11-8-17(21)12-19(14)20)5-3-4-15-6-9-18(23-2)10-7-15/h3,5-13H,4H2,1-2H3/b5-3+. The van der Waals surface area contributed by atoms with Crippen LogP contribution in [0.4, 0.5) is 0 Å². The van der Waals surface area contributed by atoms with Gasteiger partial charge in [-0.1, -0.05) is 35.9 Å². The molecule has 0 atom stereocenters. The van der Waals surface area contributed by atoms with Gasteiger partial charge in [0.25, 0.3) is 0 Å². The minimum absolute atomic E-state index is 0.738. The summed E-state index contributed by atoms with van der Waals surface area (Å²) in [6.45, 7) is 2.10. The monoisotopic (exact) mass is 323 g/mol. The Hall–Kier alpha value is -2.32. The van der Waals surface area contributed by atoms with Crippen LogP contribution in [0.2, 0.25) is 5.02 Å². The van der Waals surface area contributed by atoms with Crippen LogP contribution in [-0.4, -0.2) is 12.1 Å². The average Bonchev–Trinajstić information content (AvgIpc) is 2.58. The molecule has 2 nitrogen and oxygen atoms in total. The lowest BCUT2D eigenvalue weighted by Gasteiger charge is -2.06. The molecule has 3 rings (SSSR count). The summed E-state index contributed by atoms with van der Waals surface area (Å²) in [5.41, 5.74) is 4.53. The van der Waals surface area contributed by atoms with Gasteiger partial charge in [0.1, 0.15) is 5.75 Å². The van der Waals surface area contributed by atoms with E-state index in [2.05, 4.69) is 36.2 Å². The third-order valence-corrected chi connectivity index (χ3v) is 4.18. The molecule has 0 radical (unpaired) electrons. The minimum atomic E-state index is 0.738. The smallest absolute Gasteiger partial charge is 0.118 e. The predicted octanol–water partition coefficient (Wildman–Crippen LogP) is 5.46. The molecule has 0 bridgehead atoms. The Morgan fingerprint density at radius 3 is 2.65 bits per heavy atom. The lowest BCUT2D eigenvalue weighted by Crippen LogP contribution is -1.88. The summed E-state index contributed by atoms with van der Waals surface area (Å²) in [7, 11) is 1.68. The van der Waals surface area contributed by atoms with Crippen LogP contribution in [0.15, 0.2) is 54.7 Å². The fourth-order valence-electron chi connectivity index (χ4n) is 2.56. The fourth-order valence-corrected chi connectivity index (χ4v) is 2.74. The zero-order valence-corrected chi connectivity index (χ0v) is 14.0. The molecule has 3 heteroatoms. The highest BCUT2D eigenvalue weighted by Gasteiger charge is 2.03. The molecule has 0 spiro atoms. The summed E-state index contributed by atoms with van der Waals surface area (Å²) >= 11 is 6.10. The Bertz CT molecular complexity index is 853. The Morgan fingerprint density at radius 1 is 1.13 bits per heavy atom. The van der Waals surface area contributed by atoms with Gasteiger partial charge >= 0.3 is 0 Å². The quantitative estimate of drug-likeness (QED) is 0.636. The van der Waals surface area contributed by atoms with Gasteiger partial charge in [0.2, 0.25) is 0 Å². The van der Waals surface area contributed by atoms with Crippen molar-refractivity contribution in [1.29, 1.82) is 0 Å². The lowest BCUT2D eigenvalue weighted by molar-refractivity contribution is 0.414. The molecule has 1 heterocycles. The second-order valence-electron chi connectivity index (χ2n) is 5.45. The van der Waals surface area contributed by atoms with Crippen LogP contribution in [0.3, 0.4) is 0 Å². The van der Waals surface area contributed by atoms with Gasteiger partial charge in [0.05, 0.1) is 12.6 Å². The van der Waals surface area contributed by atoms with Crippen LogP contribution in [0.1, 0.15) is 16.7 Å². The maximum Gasteiger partial charge on any atom is 0.118 e. The summed E-state index contributed by atoms with van der Waals surface area (Å²) in [5, 5.41) is 1.84. The Morgan fingerprint density at radius 2 is 1.91 bits per heavy atom. The first-order chi connectivity index (χ1) is 11.2. The van der Waals surface area contributed by atoms with Crippen molar-refractivity contribution in [1.82, 2.24) is 4.98 Å². The van der Waals surface area contributed by atoms with Crippen molar-refractivity contribution >= 4 is 28.6 Å². The van der Waals surface area contributed by atoms with E-state index >= 15 is 0 Å². The second-order valence-corrected chi connectivity index (χ2v) is 5.89. The molecule has 0 saturated carbocycles. The Balaban J connectivity index is 1.81. The van der Waals surface area contributed by atoms with Crippen molar-refractivity contribution < 1.29 is 4.74 Å². The third-order valence-electron chi connectivity index (χ3n) is 3.95. The maximum absolute atomic E-state index is 6.10. The van der Waals surface area contributed by atoms with E-state index in [4.69, 9.17) is 16.3 Å². The number of halogens is 1. The first kappa shape index (κ1) is 15.6. The summed E-state index contributed by atoms with van der Waals surface area (Å²) in [5.74, 6) is 0.879. The molecule has 1 aromatic heterocycles. The molecule has 0 unspecified atom stereocenters. The summed E-state index contributed by atoms with van der Waals surface area (Å²) in [4.78, 5) is 4.51. The number of aromatic nitrogens is 1. The molecule has 0 amide bonds. The zero-order valence-electron chi connectivity index (χ0n) is 13.2. The molecule has 2 aromatic carbocycles. The number of rotatable bonds is 4. The van der Waals surface area contributed by atoms with Crippen LogP contribution in [0.5, 0.6) is 5.75 Å². The second kappa shape index (κ2) is 6.84. The van der Waals surface area contributed by atoms with E-state index in [0.717, 1.165) is 33.7 Å². The largest absolute Gasteiger partial charge is 0.497 e. The van der Waals surface area contributed by atoms with Crippen molar-refractivity contribution in [2.75, 3.05) is 7.11 Å². The van der Waals surface area contributed by atoms with E-state index in [0.29, 0.717) is 0 Å². The van der Waals surface area contributed by atoms with E-state index in [1.54, 1.807) is 7.11 Å². The topological polar surface area (TPSA) is 22.1 Å². The minimum Gasteiger partial charge on any atom is -0.497 e. The number of allylic oxidation sites excluding steroid dienone is 1. The lowest BCUT2D eigenvalue weighted by atomic mass is 10.0. The summed E-state index contributed by atoms with van der Waals surface area (Å²) in [6, 6.07) is 13.9. The zero-order chi connectivity index (χ0) is 16.2. The van der Waals surface area contributed by atoms with Crippen LogP contribution in [0, 0.1) is 6.92 Å². The normalized spacial score (nSPS) is 11.3. The van der Waals surface area contributed by atoms with Gasteiger partial charge in [-0.05, 0) is 60.4 Å². The average molecular weight is 324 g/mol. The molecular weight excluding hydrogens is 306 g/mol. The molecule has 0 saturated heterocycles. The van der Waals surface area contributed by atoms with Crippen LogP contribution in [0.25, 0.3) is 17.0 Å².